The Hall–Kier alpha value is -1.82. The van der Waals surface area contributed by atoms with Gasteiger partial charge in [0, 0.05) is 18.8 Å². The molecule has 23 heavy (non-hydrogen) atoms. The van der Waals surface area contributed by atoms with Crippen LogP contribution in [0.25, 0.3) is 0 Å². The van der Waals surface area contributed by atoms with E-state index in [0.29, 0.717) is 13.1 Å². The molecule has 5 nitrogen and oxygen atoms in total. The molecule has 0 radical (unpaired) electrons. The predicted molar refractivity (Wildman–Crippen MR) is 94.9 cm³/mol. The number of carbonyl (C=O) groups is 2. The summed E-state index contributed by atoms with van der Waals surface area (Å²) >= 11 is 0. The van der Waals surface area contributed by atoms with Crippen LogP contribution in [0.15, 0.2) is 24.3 Å². The van der Waals surface area contributed by atoms with E-state index in [1.165, 1.54) is 19.4 Å². The first-order valence-corrected chi connectivity index (χ1v) is 11.3. The van der Waals surface area contributed by atoms with Gasteiger partial charge in [-0.3, -0.25) is 9.59 Å². The minimum atomic E-state index is -1.34. The van der Waals surface area contributed by atoms with E-state index in [1.54, 1.807) is 0 Å². The van der Waals surface area contributed by atoms with Crippen molar-refractivity contribution in [2.45, 2.75) is 32.5 Å². The summed E-state index contributed by atoms with van der Waals surface area (Å²) in [5.41, 5.74) is 1.000. The second-order valence-corrected chi connectivity index (χ2v) is 11.5. The van der Waals surface area contributed by atoms with Gasteiger partial charge in [0.05, 0.1) is 35.1 Å². The highest BCUT2D eigenvalue weighted by atomic mass is 28.3. The van der Waals surface area contributed by atoms with E-state index in [4.69, 9.17) is 9.47 Å². The molecule has 0 aliphatic heterocycles. The molecule has 0 fully saturated rings. The maximum absolute atomic E-state index is 11.4. The number of rotatable bonds is 8. The molecule has 128 valence electrons. The lowest BCUT2D eigenvalue weighted by Crippen LogP contribution is -2.37. The van der Waals surface area contributed by atoms with Crippen LogP contribution >= 0.6 is 0 Å². The summed E-state index contributed by atoms with van der Waals surface area (Å²) in [5, 5.41) is 1.38. The molecule has 1 aromatic carbocycles. The molecule has 1 aromatic rings. The molecule has 0 N–H and O–H groups in total. The average Bonchev–Trinajstić information content (AvgIpc) is 2.53. The zero-order valence-electron chi connectivity index (χ0n) is 14.7. The molecule has 0 atom stereocenters. The summed E-state index contributed by atoms with van der Waals surface area (Å²) < 4.78 is 9.39. The summed E-state index contributed by atoms with van der Waals surface area (Å²) in [6.45, 7) is 7.92. The lowest BCUT2D eigenvalue weighted by molar-refractivity contribution is -0.140. The number of ether oxygens (including phenoxy) is 2. The molecule has 0 aromatic heterocycles. The molecule has 0 amide bonds. The van der Waals surface area contributed by atoms with Crippen molar-refractivity contribution in [3.05, 3.63) is 24.3 Å². The number of anilines is 1. The van der Waals surface area contributed by atoms with E-state index in [0.717, 1.165) is 5.69 Å². The first-order chi connectivity index (χ1) is 10.8. The van der Waals surface area contributed by atoms with Crippen LogP contribution in [0, 0.1) is 0 Å². The van der Waals surface area contributed by atoms with Gasteiger partial charge in [-0.25, -0.2) is 0 Å². The Morgan fingerprint density at radius 1 is 0.913 bits per heavy atom. The number of hydrogen-bond acceptors (Lipinski definition) is 5. The SMILES string of the molecule is COC(=O)CCN(CCC(=O)OC)c1ccc([Si](C)(C)C)cc1. The lowest BCUT2D eigenvalue weighted by Gasteiger charge is -2.25. The number of esters is 2. The van der Waals surface area contributed by atoms with Crippen molar-refractivity contribution in [2.75, 3.05) is 32.2 Å². The Balaban J connectivity index is 2.84. The summed E-state index contributed by atoms with van der Waals surface area (Å²) in [5.74, 6) is -0.515. The van der Waals surface area contributed by atoms with Gasteiger partial charge in [0.25, 0.3) is 0 Å². The van der Waals surface area contributed by atoms with Crippen LogP contribution in [-0.4, -0.2) is 47.3 Å². The van der Waals surface area contributed by atoms with Gasteiger partial charge in [-0.1, -0.05) is 37.0 Å². The van der Waals surface area contributed by atoms with Crippen molar-refractivity contribution in [2.24, 2.45) is 0 Å². The van der Waals surface area contributed by atoms with Crippen molar-refractivity contribution in [1.29, 1.82) is 0 Å². The van der Waals surface area contributed by atoms with Crippen molar-refractivity contribution in [3.8, 4) is 0 Å². The van der Waals surface area contributed by atoms with Crippen LogP contribution in [0.3, 0.4) is 0 Å². The molecule has 0 spiro atoms. The fourth-order valence-corrected chi connectivity index (χ4v) is 3.37. The second kappa shape index (κ2) is 8.72. The summed E-state index contributed by atoms with van der Waals surface area (Å²) in [7, 11) is 1.42. The summed E-state index contributed by atoms with van der Waals surface area (Å²) in [6.07, 6.45) is 0.570. The first-order valence-electron chi connectivity index (χ1n) is 7.77. The molecule has 0 saturated carbocycles. The summed E-state index contributed by atoms with van der Waals surface area (Å²) in [6, 6.07) is 8.40. The summed E-state index contributed by atoms with van der Waals surface area (Å²) in [4.78, 5) is 24.8. The molecule has 1 rings (SSSR count). The van der Waals surface area contributed by atoms with E-state index in [-0.39, 0.29) is 24.8 Å². The van der Waals surface area contributed by atoms with Gasteiger partial charge in [0.15, 0.2) is 0 Å². The Morgan fingerprint density at radius 2 is 1.35 bits per heavy atom. The maximum atomic E-state index is 11.4. The number of benzene rings is 1. The highest BCUT2D eigenvalue weighted by Gasteiger charge is 2.17. The number of hydrogen-bond donors (Lipinski definition) is 0. The average molecular weight is 337 g/mol. The Labute approximate surface area is 139 Å². The van der Waals surface area contributed by atoms with E-state index < -0.39 is 8.07 Å². The maximum Gasteiger partial charge on any atom is 0.307 e. The Morgan fingerprint density at radius 3 is 1.70 bits per heavy atom. The molecule has 0 unspecified atom stereocenters. The second-order valence-electron chi connectivity index (χ2n) is 6.44. The lowest BCUT2D eigenvalue weighted by atomic mass is 10.2. The number of carbonyl (C=O) groups excluding carboxylic acids is 2. The van der Waals surface area contributed by atoms with Gasteiger partial charge >= 0.3 is 11.9 Å². The first kappa shape index (κ1) is 19.2. The van der Waals surface area contributed by atoms with Crippen LogP contribution in [-0.2, 0) is 19.1 Å². The Bertz CT molecular complexity index is 502. The standard InChI is InChI=1S/C17H27NO4Si/c1-21-16(19)10-12-18(13-11-17(20)22-2)14-6-8-15(9-7-14)23(3,4)5/h6-9H,10-13H2,1-5H3. The highest BCUT2D eigenvalue weighted by Crippen LogP contribution is 2.15. The molecule has 0 heterocycles. The van der Waals surface area contributed by atoms with E-state index >= 15 is 0 Å². The molecule has 0 aliphatic carbocycles. The fraction of sp³-hybridized carbons (Fsp3) is 0.529. The fourth-order valence-electron chi connectivity index (χ4n) is 2.20. The van der Waals surface area contributed by atoms with Crippen LogP contribution in [0.1, 0.15) is 12.8 Å². The van der Waals surface area contributed by atoms with Crippen LogP contribution in [0.4, 0.5) is 5.69 Å². The van der Waals surface area contributed by atoms with Crippen LogP contribution < -0.4 is 10.1 Å². The number of methoxy groups -OCH3 is 2. The van der Waals surface area contributed by atoms with Crippen LogP contribution in [0.2, 0.25) is 19.6 Å². The molecule has 0 saturated heterocycles. The Kier molecular flexibility index (Phi) is 7.29. The third-order valence-corrected chi connectivity index (χ3v) is 5.79. The van der Waals surface area contributed by atoms with Crippen molar-refractivity contribution >= 4 is 30.9 Å². The smallest absolute Gasteiger partial charge is 0.307 e. The van der Waals surface area contributed by atoms with Gasteiger partial charge in [-0.05, 0) is 12.1 Å². The van der Waals surface area contributed by atoms with E-state index in [1.807, 2.05) is 4.90 Å². The van der Waals surface area contributed by atoms with Gasteiger partial charge in [0.2, 0.25) is 0 Å². The highest BCUT2D eigenvalue weighted by molar-refractivity contribution is 6.88. The zero-order chi connectivity index (χ0) is 17.5. The topological polar surface area (TPSA) is 55.8 Å². The predicted octanol–water partition coefficient (Wildman–Crippen LogP) is 2.16. The van der Waals surface area contributed by atoms with Gasteiger partial charge in [-0.15, -0.1) is 0 Å². The zero-order valence-corrected chi connectivity index (χ0v) is 15.7. The van der Waals surface area contributed by atoms with Gasteiger partial charge < -0.3 is 14.4 Å². The van der Waals surface area contributed by atoms with Crippen molar-refractivity contribution in [1.82, 2.24) is 0 Å². The molecular formula is C17H27NO4Si. The minimum absolute atomic E-state index is 0.258. The molecule has 0 bridgehead atoms. The normalized spacial score (nSPS) is 11.0. The largest absolute Gasteiger partial charge is 0.469 e. The van der Waals surface area contributed by atoms with Crippen LogP contribution in [0.5, 0.6) is 0 Å². The van der Waals surface area contributed by atoms with Crippen molar-refractivity contribution in [3.63, 3.8) is 0 Å². The van der Waals surface area contributed by atoms with E-state index in [9.17, 15) is 9.59 Å². The third kappa shape index (κ3) is 6.44. The molecule has 0 aliphatic rings. The monoisotopic (exact) mass is 337 g/mol. The van der Waals surface area contributed by atoms with Gasteiger partial charge in [-0.2, -0.15) is 0 Å². The minimum Gasteiger partial charge on any atom is -0.469 e. The number of nitrogens with zero attached hydrogens (tertiary/aromatic N) is 1. The quantitative estimate of drug-likeness (QED) is 0.537. The third-order valence-electron chi connectivity index (χ3n) is 3.73. The van der Waals surface area contributed by atoms with Crippen molar-refractivity contribution < 1.29 is 19.1 Å². The molecular weight excluding hydrogens is 310 g/mol. The molecule has 6 heteroatoms. The van der Waals surface area contributed by atoms with Gasteiger partial charge in [0.1, 0.15) is 0 Å². The van der Waals surface area contributed by atoms with E-state index in [2.05, 4.69) is 43.9 Å².